The number of carbonyl (C=O) groups excluding carboxylic acids is 2. The Morgan fingerprint density at radius 1 is 0.818 bits per heavy atom. The van der Waals surface area contributed by atoms with Gasteiger partial charge in [-0.25, -0.2) is 0 Å². The average Bonchev–Trinajstić information content (AvgIpc) is 3.09. The van der Waals surface area contributed by atoms with Crippen molar-refractivity contribution in [3.05, 3.63) is 0 Å². The molecule has 0 aromatic rings. The monoisotopic (exact) mass is 802 g/mol. The van der Waals surface area contributed by atoms with Crippen molar-refractivity contribution >= 4 is 11.8 Å². The Morgan fingerprint density at radius 2 is 1.38 bits per heavy atom. The van der Waals surface area contributed by atoms with E-state index in [2.05, 4.69) is 0 Å². The first-order valence-electron chi connectivity index (χ1n) is 18.9. The number of hydrogen-bond donors (Lipinski definition) is 4. The molecule has 3 saturated heterocycles. The summed E-state index contributed by atoms with van der Waals surface area (Å²) in [6.07, 6.45) is -8.73. The highest BCUT2D eigenvalue weighted by atomic mass is 16.7. The maximum absolute atomic E-state index is 14.2. The number of cyclic esters (lactones) is 1. The molecule has 0 radical (unpaired) electrons. The van der Waals surface area contributed by atoms with Crippen LogP contribution in [0.4, 0.5) is 0 Å². The summed E-state index contributed by atoms with van der Waals surface area (Å²) in [5, 5.41) is 45.6. The van der Waals surface area contributed by atoms with E-state index in [9.17, 15) is 30.0 Å². The van der Waals surface area contributed by atoms with E-state index in [-0.39, 0.29) is 53.6 Å². The summed E-state index contributed by atoms with van der Waals surface area (Å²) in [5.74, 6) is -4.47. The summed E-state index contributed by atoms with van der Waals surface area (Å²) in [5.41, 5.74) is -4.24. The first-order chi connectivity index (χ1) is 24.0. The van der Waals surface area contributed by atoms with E-state index in [0.717, 1.165) is 0 Å². The van der Waals surface area contributed by atoms with Gasteiger partial charge in [-0.15, -0.1) is 0 Å². The predicted molar refractivity (Wildman–Crippen MR) is 202 cm³/mol. The highest BCUT2D eigenvalue weighted by molar-refractivity contribution is 5.83. The number of ether oxygens (including phenoxy) is 7. The standard InChI is InChI=1S/C38H69NO13.3H2O/c1-15-26-38(10,45)31(42)21(4)28(40)19(2)17-37(9,47-14)33(52-35-29(41)25(39(11)12)16-20(3)48-35)22(5)30(23(6)34(44)50-26)51-27-18-36(8,46-13)32(43)24(7)49-27;;;/h19-27,29-33,35,41-43,45H,15-18H2,1-14H3;3*1H2/t19-,20-,21+,22+,23-,24+,25+,26-,27+,29-,30+,31-,32+,33-,35+,36-,37-,38-;;;/m1.../s1. The van der Waals surface area contributed by atoms with E-state index < -0.39 is 102 Å². The topological polar surface area (TPSA) is 277 Å². The van der Waals surface area contributed by atoms with Crippen LogP contribution in [0.1, 0.15) is 94.9 Å². The molecule has 3 heterocycles. The van der Waals surface area contributed by atoms with Gasteiger partial charge in [-0.1, -0.05) is 27.7 Å². The summed E-state index contributed by atoms with van der Waals surface area (Å²) in [7, 11) is 6.77. The lowest BCUT2D eigenvalue weighted by Crippen LogP contribution is -2.61. The van der Waals surface area contributed by atoms with Gasteiger partial charge in [0.2, 0.25) is 0 Å². The van der Waals surface area contributed by atoms with E-state index in [1.165, 1.54) is 21.1 Å². The molecule has 0 bridgehead atoms. The fourth-order valence-corrected chi connectivity index (χ4v) is 8.58. The molecule has 3 aliphatic heterocycles. The highest BCUT2D eigenvalue weighted by Crippen LogP contribution is 2.41. The van der Waals surface area contributed by atoms with Gasteiger partial charge in [-0.2, -0.15) is 0 Å². The number of methoxy groups -OCH3 is 2. The highest BCUT2D eigenvalue weighted by Gasteiger charge is 2.54. The predicted octanol–water partition coefficient (Wildman–Crippen LogP) is -0.0344. The lowest BCUT2D eigenvalue weighted by molar-refractivity contribution is -0.319. The summed E-state index contributed by atoms with van der Waals surface area (Å²) in [6, 6.07) is -0.283. The number of aliphatic hydroxyl groups is 4. The van der Waals surface area contributed by atoms with Gasteiger partial charge in [0, 0.05) is 44.4 Å². The number of carbonyl (C=O) groups is 2. The number of esters is 1. The number of hydrogen-bond acceptors (Lipinski definition) is 14. The van der Waals surface area contributed by atoms with Crippen LogP contribution in [0.25, 0.3) is 0 Å². The SMILES string of the molecule is CC[C@H]1OC(=O)[C@H](C)[C@@H](O[C@H]2C[C@@](C)(OC)[C@@H](O)[C@H](C)O2)[C@H](C)[C@@H](O[C@@H]2O[C@H](C)C[C@H](N(C)C)[C@H]2O)[C@](C)(OC)C[C@@H](C)C(=O)[C@H](C)[C@@H](O)[C@]1(C)O.O.O.O. The van der Waals surface area contributed by atoms with E-state index in [0.29, 0.717) is 6.42 Å². The lowest BCUT2D eigenvalue weighted by Gasteiger charge is -2.50. The molecule has 328 valence electrons. The molecular formula is C38H75NO16. The molecular weight excluding hydrogens is 726 g/mol. The van der Waals surface area contributed by atoms with E-state index in [1.807, 2.05) is 32.8 Å². The van der Waals surface area contributed by atoms with Crippen LogP contribution in [0.15, 0.2) is 0 Å². The maximum Gasteiger partial charge on any atom is 0.311 e. The molecule has 0 saturated carbocycles. The van der Waals surface area contributed by atoms with Crippen LogP contribution in [0, 0.1) is 23.7 Å². The number of ketones is 1. The fourth-order valence-electron chi connectivity index (χ4n) is 8.58. The van der Waals surface area contributed by atoms with E-state index in [4.69, 9.17) is 33.2 Å². The molecule has 0 aliphatic carbocycles. The summed E-state index contributed by atoms with van der Waals surface area (Å²) in [6.45, 7) is 17.1. The van der Waals surface area contributed by atoms with E-state index >= 15 is 0 Å². The Bertz CT molecular complexity index is 1190. The average molecular weight is 802 g/mol. The third-order valence-electron chi connectivity index (χ3n) is 12.3. The molecule has 17 nitrogen and oxygen atoms in total. The van der Waals surface area contributed by atoms with E-state index in [1.54, 1.807) is 48.5 Å². The Balaban J connectivity index is 0.00000972. The first kappa shape index (κ1) is 53.6. The zero-order chi connectivity index (χ0) is 39.7. The number of nitrogens with zero attached hydrogens (tertiary/aromatic N) is 1. The smallest absolute Gasteiger partial charge is 0.311 e. The second kappa shape index (κ2) is 21.0. The van der Waals surface area contributed by atoms with Gasteiger partial charge < -0.3 is 74.9 Å². The molecule has 3 rings (SSSR count). The van der Waals surface area contributed by atoms with Gasteiger partial charge in [-0.05, 0) is 74.9 Å². The Kier molecular flexibility index (Phi) is 20.5. The van der Waals surface area contributed by atoms with Gasteiger partial charge in [0.15, 0.2) is 12.6 Å². The van der Waals surface area contributed by atoms with Gasteiger partial charge in [0.25, 0.3) is 0 Å². The molecule has 0 aromatic heterocycles. The Hall–Kier alpha value is -1.42. The van der Waals surface area contributed by atoms with Gasteiger partial charge in [0.05, 0.1) is 47.6 Å². The van der Waals surface area contributed by atoms with Crippen molar-refractivity contribution in [2.24, 2.45) is 23.7 Å². The van der Waals surface area contributed by atoms with Crippen LogP contribution in [0.5, 0.6) is 0 Å². The number of likely N-dealkylation sites (N-methyl/N-ethyl adjacent to an activating group) is 1. The summed E-state index contributed by atoms with van der Waals surface area (Å²) < 4.78 is 43.9. The van der Waals surface area contributed by atoms with Crippen molar-refractivity contribution in [3.63, 3.8) is 0 Å². The second-order valence-electron chi connectivity index (χ2n) is 16.6. The van der Waals surface area contributed by atoms with Crippen molar-refractivity contribution in [1.82, 2.24) is 4.90 Å². The molecule has 0 spiro atoms. The van der Waals surface area contributed by atoms with Crippen molar-refractivity contribution in [2.45, 2.75) is 179 Å². The van der Waals surface area contributed by atoms with Crippen LogP contribution >= 0.6 is 0 Å². The molecule has 0 unspecified atom stereocenters. The van der Waals surface area contributed by atoms with Crippen molar-refractivity contribution in [1.29, 1.82) is 0 Å². The van der Waals surface area contributed by atoms with Crippen molar-refractivity contribution in [3.8, 4) is 0 Å². The van der Waals surface area contributed by atoms with Crippen molar-refractivity contribution in [2.75, 3.05) is 28.3 Å². The second-order valence-corrected chi connectivity index (χ2v) is 16.6. The molecule has 3 aliphatic rings. The third-order valence-corrected chi connectivity index (χ3v) is 12.3. The van der Waals surface area contributed by atoms with Crippen LogP contribution in [0.3, 0.4) is 0 Å². The van der Waals surface area contributed by atoms with Crippen LogP contribution in [0.2, 0.25) is 0 Å². The van der Waals surface area contributed by atoms with Crippen molar-refractivity contribution < 1.29 is 79.6 Å². The third kappa shape index (κ3) is 11.4. The summed E-state index contributed by atoms with van der Waals surface area (Å²) >= 11 is 0. The minimum Gasteiger partial charge on any atom is -0.459 e. The zero-order valence-electron chi connectivity index (χ0n) is 35.4. The van der Waals surface area contributed by atoms with Crippen LogP contribution < -0.4 is 0 Å². The largest absolute Gasteiger partial charge is 0.459 e. The number of aliphatic hydroxyl groups excluding tert-OH is 3. The lowest BCUT2D eigenvalue weighted by atomic mass is 9.74. The molecule has 18 atom stereocenters. The Morgan fingerprint density at radius 3 is 1.89 bits per heavy atom. The quantitative estimate of drug-likeness (QED) is 0.235. The molecule has 3 fully saturated rings. The zero-order valence-corrected chi connectivity index (χ0v) is 35.4. The minimum atomic E-state index is -1.96. The summed E-state index contributed by atoms with van der Waals surface area (Å²) in [4.78, 5) is 30.1. The fraction of sp³-hybridized carbons (Fsp3) is 0.947. The van der Waals surface area contributed by atoms with Gasteiger partial charge >= 0.3 is 5.97 Å². The minimum absolute atomic E-state index is 0. The maximum atomic E-state index is 14.2. The van der Waals surface area contributed by atoms with Gasteiger partial charge in [0.1, 0.15) is 29.7 Å². The van der Waals surface area contributed by atoms with Crippen LogP contribution in [-0.4, -0.2) is 166 Å². The molecule has 17 heteroatoms. The Labute approximate surface area is 327 Å². The van der Waals surface area contributed by atoms with Gasteiger partial charge in [-0.3, -0.25) is 9.59 Å². The normalized spacial score (nSPS) is 46.3. The van der Waals surface area contributed by atoms with Crippen LogP contribution in [-0.2, 0) is 42.7 Å². The number of Topliss-reactive ketones (excluding diaryl/α,β-unsaturated/α-hetero) is 1. The first-order valence-corrected chi connectivity index (χ1v) is 18.9. The molecule has 10 N–H and O–H groups in total. The molecule has 55 heavy (non-hydrogen) atoms. The number of rotatable bonds is 8. The molecule has 0 amide bonds. The molecule has 0 aromatic carbocycles.